The summed E-state index contributed by atoms with van der Waals surface area (Å²) in [5.41, 5.74) is 2.20. The number of morpholine rings is 1. The van der Waals surface area contributed by atoms with Crippen LogP contribution in [0.1, 0.15) is 12.5 Å². The predicted molar refractivity (Wildman–Crippen MR) is 60.5 cm³/mol. The summed E-state index contributed by atoms with van der Waals surface area (Å²) in [6.45, 7) is 5.52. The van der Waals surface area contributed by atoms with Gasteiger partial charge < -0.3 is 14.7 Å². The highest BCUT2D eigenvalue weighted by Gasteiger charge is 2.12. The Morgan fingerprint density at radius 2 is 2.07 bits per heavy atom. The average Bonchev–Trinajstić information content (AvgIpc) is 2.31. The lowest BCUT2D eigenvalue weighted by atomic mass is 10.1. The molecule has 3 nitrogen and oxygen atoms in total. The summed E-state index contributed by atoms with van der Waals surface area (Å²) >= 11 is 0. The van der Waals surface area contributed by atoms with E-state index in [4.69, 9.17) is 4.74 Å². The first-order valence-corrected chi connectivity index (χ1v) is 5.46. The van der Waals surface area contributed by atoms with Gasteiger partial charge in [-0.3, -0.25) is 0 Å². The topological polar surface area (TPSA) is 32.7 Å². The summed E-state index contributed by atoms with van der Waals surface area (Å²) in [6, 6.07) is 5.82. The zero-order chi connectivity index (χ0) is 10.7. The van der Waals surface area contributed by atoms with E-state index in [-0.39, 0.29) is 0 Å². The van der Waals surface area contributed by atoms with Crippen molar-refractivity contribution in [3.05, 3.63) is 23.8 Å². The molecule has 0 aromatic heterocycles. The van der Waals surface area contributed by atoms with Crippen LogP contribution in [0, 0.1) is 0 Å². The highest BCUT2D eigenvalue weighted by atomic mass is 16.5. The van der Waals surface area contributed by atoms with Crippen LogP contribution in [0.4, 0.5) is 5.69 Å². The lowest BCUT2D eigenvalue weighted by molar-refractivity contribution is 0.122. The van der Waals surface area contributed by atoms with Gasteiger partial charge in [0, 0.05) is 18.8 Å². The zero-order valence-electron chi connectivity index (χ0n) is 9.07. The number of anilines is 1. The molecule has 2 rings (SSSR count). The van der Waals surface area contributed by atoms with E-state index in [0.29, 0.717) is 5.75 Å². The van der Waals surface area contributed by atoms with Gasteiger partial charge in [-0.2, -0.15) is 0 Å². The normalized spacial score (nSPS) is 16.7. The number of aryl methyl sites for hydroxylation is 1. The van der Waals surface area contributed by atoms with Gasteiger partial charge in [-0.25, -0.2) is 0 Å². The second kappa shape index (κ2) is 4.53. The fourth-order valence-corrected chi connectivity index (χ4v) is 1.87. The number of hydrogen-bond acceptors (Lipinski definition) is 3. The summed E-state index contributed by atoms with van der Waals surface area (Å²) < 4.78 is 5.31. The van der Waals surface area contributed by atoms with E-state index >= 15 is 0 Å². The van der Waals surface area contributed by atoms with Gasteiger partial charge in [0.2, 0.25) is 0 Å². The summed E-state index contributed by atoms with van der Waals surface area (Å²) in [5, 5.41) is 9.59. The molecule has 1 aromatic carbocycles. The van der Waals surface area contributed by atoms with E-state index in [1.54, 1.807) is 6.07 Å². The third kappa shape index (κ3) is 2.23. The van der Waals surface area contributed by atoms with E-state index in [1.165, 1.54) is 5.69 Å². The monoisotopic (exact) mass is 207 g/mol. The van der Waals surface area contributed by atoms with Crippen LogP contribution in [0.2, 0.25) is 0 Å². The van der Waals surface area contributed by atoms with Crippen molar-refractivity contribution < 1.29 is 9.84 Å². The maximum atomic E-state index is 9.59. The molecule has 1 saturated heterocycles. The minimum Gasteiger partial charge on any atom is -0.508 e. The van der Waals surface area contributed by atoms with Crippen LogP contribution in [0.3, 0.4) is 0 Å². The number of rotatable bonds is 2. The zero-order valence-corrected chi connectivity index (χ0v) is 9.07. The lowest BCUT2D eigenvalue weighted by Crippen LogP contribution is -2.36. The number of benzene rings is 1. The first-order valence-electron chi connectivity index (χ1n) is 5.46. The van der Waals surface area contributed by atoms with Gasteiger partial charge in [0.1, 0.15) is 5.75 Å². The summed E-state index contributed by atoms with van der Waals surface area (Å²) in [6.07, 6.45) is 0.865. The molecule has 3 heteroatoms. The van der Waals surface area contributed by atoms with Gasteiger partial charge >= 0.3 is 0 Å². The molecule has 1 fully saturated rings. The maximum absolute atomic E-state index is 9.59. The van der Waals surface area contributed by atoms with E-state index in [1.807, 2.05) is 6.07 Å². The first kappa shape index (κ1) is 10.3. The molecule has 0 spiro atoms. The molecule has 15 heavy (non-hydrogen) atoms. The number of aromatic hydroxyl groups is 1. The van der Waals surface area contributed by atoms with Crippen LogP contribution in [0.5, 0.6) is 5.75 Å². The van der Waals surface area contributed by atoms with Crippen LogP contribution in [-0.2, 0) is 11.2 Å². The highest BCUT2D eigenvalue weighted by molar-refractivity contribution is 5.53. The number of phenols is 1. The van der Waals surface area contributed by atoms with Crippen molar-refractivity contribution in [3.63, 3.8) is 0 Å². The van der Waals surface area contributed by atoms with E-state index in [0.717, 1.165) is 38.3 Å². The van der Waals surface area contributed by atoms with Crippen LogP contribution < -0.4 is 4.90 Å². The minimum absolute atomic E-state index is 0.398. The molecule has 0 radical (unpaired) electrons. The standard InChI is InChI=1S/C12H17NO2/c1-2-10-9-11(3-4-12(10)14)13-5-7-15-8-6-13/h3-4,9,14H,2,5-8H2,1H3. The van der Waals surface area contributed by atoms with Gasteiger partial charge in [-0.1, -0.05) is 6.92 Å². The highest BCUT2D eigenvalue weighted by Crippen LogP contribution is 2.24. The van der Waals surface area contributed by atoms with Crippen molar-refractivity contribution in [2.24, 2.45) is 0 Å². The Labute approximate surface area is 90.3 Å². The summed E-state index contributed by atoms with van der Waals surface area (Å²) in [4.78, 5) is 2.29. The third-order valence-electron chi connectivity index (χ3n) is 2.82. The Hall–Kier alpha value is -1.22. The molecular formula is C12H17NO2. The second-order valence-corrected chi connectivity index (χ2v) is 3.77. The second-order valence-electron chi connectivity index (χ2n) is 3.77. The molecule has 0 atom stereocenters. The molecule has 0 aliphatic carbocycles. The van der Waals surface area contributed by atoms with E-state index < -0.39 is 0 Å². The number of ether oxygens (including phenoxy) is 1. The Balaban J connectivity index is 2.20. The van der Waals surface area contributed by atoms with E-state index in [9.17, 15) is 5.11 Å². The summed E-state index contributed by atoms with van der Waals surface area (Å²) in [5.74, 6) is 0.398. The van der Waals surface area contributed by atoms with Gasteiger partial charge in [0.15, 0.2) is 0 Å². The number of hydrogen-bond donors (Lipinski definition) is 1. The van der Waals surface area contributed by atoms with Gasteiger partial charge in [-0.05, 0) is 30.2 Å². The Morgan fingerprint density at radius 1 is 1.33 bits per heavy atom. The lowest BCUT2D eigenvalue weighted by Gasteiger charge is -2.29. The van der Waals surface area contributed by atoms with Crippen molar-refractivity contribution in [1.29, 1.82) is 0 Å². The first-order chi connectivity index (χ1) is 7.31. The SMILES string of the molecule is CCc1cc(N2CCOCC2)ccc1O. The molecule has 1 aliphatic rings. The van der Waals surface area contributed by atoms with Gasteiger partial charge in [0.25, 0.3) is 0 Å². The van der Waals surface area contributed by atoms with Crippen LogP contribution in [-0.4, -0.2) is 31.4 Å². The van der Waals surface area contributed by atoms with Crippen LogP contribution in [0.25, 0.3) is 0 Å². The van der Waals surface area contributed by atoms with E-state index in [2.05, 4.69) is 17.9 Å². The molecule has 0 bridgehead atoms. The molecule has 1 aliphatic heterocycles. The molecule has 0 amide bonds. The van der Waals surface area contributed by atoms with Crippen molar-refractivity contribution in [1.82, 2.24) is 0 Å². The van der Waals surface area contributed by atoms with Crippen molar-refractivity contribution in [2.45, 2.75) is 13.3 Å². The summed E-state index contributed by atoms with van der Waals surface area (Å²) in [7, 11) is 0. The average molecular weight is 207 g/mol. The minimum atomic E-state index is 0.398. The fourth-order valence-electron chi connectivity index (χ4n) is 1.87. The van der Waals surface area contributed by atoms with Gasteiger partial charge in [-0.15, -0.1) is 0 Å². The Kier molecular flexibility index (Phi) is 3.11. The molecule has 1 heterocycles. The quantitative estimate of drug-likeness (QED) is 0.802. The largest absolute Gasteiger partial charge is 0.508 e. The molecule has 1 aromatic rings. The van der Waals surface area contributed by atoms with Gasteiger partial charge in [0.05, 0.1) is 13.2 Å². The van der Waals surface area contributed by atoms with Crippen molar-refractivity contribution in [2.75, 3.05) is 31.2 Å². The fraction of sp³-hybridized carbons (Fsp3) is 0.500. The number of nitrogens with zero attached hydrogens (tertiary/aromatic N) is 1. The maximum Gasteiger partial charge on any atom is 0.118 e. The third-order valence-corrected chi connectivity index (χ3v) is 2.82. The number of phenolic OH excluding ortho intramolecular Hbond substituents is 1. The predicted octanol–water partition coefficient (Wildman–Crippen LogP) is 1.79. The van der Waals surface area contributed by atoms with Crippen molar-refractivity contribution >= 4 is 5.69 Å². The molecule has 0 unspecified atom stereocenters. The molecular weight excluding hydrogens is 190 g/mol. The Bertz CT molecular complexity index is 332. The Morgan fingerprint density at radius 3 is 2.73 bits per heavy atom. The molecule has 1 N–H and O–H groups in total. The molecule has 0 saturated carbocycles. The van der Waals surface area contributed by atoms with Crippen LogP contribution in [0.15, 0.2) is 18.2 Å². The smallest absolute Gasteiger partial charge is 0.118 e. The molecule has 82 valence electrons. The van der Waals surface area contributed by atoms with Crippen LogP contribution >= 0.6 is 0 Å². The van der Waals surface area contributed by atoms with Crippen molar-refractivity contribution in [3.8, 4) is 5.75 Å².